The van der Waals surface area contributed by atoms with E-state index in [0.29, 0.717) is 5.56 Å². The number of benzene rings is 1. The number of carbonyl (C=O) groups is 1. The van der Waals surface area contributed by atoms with E-state index in [1.807, 2.05) is 24.3 Å². The molecule has 3 heteroatoms. The molecule has 3 rings (SSSR count). The Labute approximate surface area is 145 Å². The quantitative estimate of drug-likeness (QED) is 0.604. The molecule has 0 spiro atoms. The van der Waals surface area contributed by atoms with Crippen LogP contribution in [-0.4, -0.2) is 38.1 Å². The van der Waals surface area contributed by atoms with Crippen LogP contribution in [0.4, 0.5) is 0 Å². The van der Waals surface area contributed by atoms with E-state index in [1.165, 1.54) is 18.2 Å². The predicted molar refractivity (Wildman–Crippen MR) is 97.8 cm³/mol. The lowest BCUT2D eigenvalue weighted by Crippen LogP contribution is -2.45. The van der Waals surface area contributed by atoms with Crippen LogP contribution >= 0.6 is 0 Å². The highest BCUT2D eigenvalue weighted by Gasteiger charge is 2.45. The van der Waals surface area contributed by atoms with Crippen LogP contribution in [0.5, 0.6) is 0 Å². The highest BCUT2D eigenvalue weighted by Crippen LogP contribution is 2.55. The van der Waals surface area contributed by atoms with E-state index in [1.54, 1.807) is 5.57 Å². The summed E-state index contributed by atoms with van der Waals surface area (Å²) >= 11 is 0. The second-order valence-corrected chi connectivity index (χ2v) is 7.89. The Hall–Kier alpha value is -1.87. The molecule has 0 amide bonds. The van der Waals surface area contributed by atoms with Crippen LogP contribution in [0.1, 0.15) is 43.1 Å². The zero-order valence-corrected chi connectivity index (χ0v) is 15.3. The van der Waals surface area contributed by atoms with Crippen molar-refractivity contribution in [1.82, 2.24) is 4.90 Å². The molecule has 0 bridgehead atoms. The Morgan fingerprint density at radius 2 is 1.79 bits per heavy atom. The maximum Gasteiger partial charge on any atom is 0.337 e. The molecular weight excluding hydrogens is 298 g/mol. The number of esters is 1. The van der Waals surface area contributed by atoms with Gasteiger partial charge < -0.3 is 9.64 Å². The van der Waals surface area contributed by atoms with E-state index in [9.17, 15) is 4.79 Å². The first-order valence-electron chi connectivity index (χ1n) is 8.57. The number of hydrogen-bond donors (Lipinski definition) is 0. The van der Waals surface area contributed by atoms with Crippen LogP contribution in [-0.2, 0) is 4.74 Å². The van der Waals surface area contributed by atoms with Crippen molar-refractivity contribution in [2.45, 2.75) is 27.2 Å². The van der Waals surface area contributed by atoms with Gasteiger partial charge in [-0.2, -0.15) is 0 Å². The van der Waals surface area contributed by atoms with Gasteiger partial charge in [-0.05, 0) is 36.7 Å². The Balaban J connectivity index is 1.98. The van der Waals surface area contributed by atoms with Gasteiger partial charge in [0.05, 0.1) is 12.7 Å². The van der Waals surface area contributed by atoms with Crippen LogP contribution in [0.3, 0.4) is 0 Å². The van der Waals surface area contributed by atoms with Crippen molar-refractivity contribution < 1.29 is 9.53 Å². The van der Waals surface area contributed by atoms with Gasteiger partial charge in [0.25, 0.3) is 0 Å². The minimum Gasteiger partial charge on any atom is -0.465 e. The molecule has 0 saturated carbocycles. The summed E-state index contributed by atoms with van der Waals surface area (Å²) in [4.78, 5) is 14.0. The van der Waals surface area contributed by atoms with Gasteiger partial charge in [-0.15, -0.1) is 0 Å². The summed E-state index contributed by atoms with van der Waals surface area (Å²) in [5.41, 5.74) is 4.90. The molecule has 0 aromatic heterocycles. The fourth-order valence-electron chi connectivity index (χ4n) is 4.53. The monoisotopic (exact) mass is 325 g/mol. The Kier molecular flexibility index (Phi) is 4.16. The number of nitrogens with zero attached hydrogens (tertiary/aromatic N) is 1. The minimum absolute atomic E-state index is 0.00103. The molecule has 24 heavy (non-hydrogen) atoms. The van der Waals surface area contributed by atoms with Crippen molar-refractivity contribution in [3.63, 3.8) is 0 Å². The fourth-order valence-corrected chi connectivity index (χ4v) is 4.53. The fraction of sp³-hybridized carbons (Fsp3) is 0.476. The topological polar surface area (TPSA) is 29.5 Å². The molecule has 0 radical (unpaired) electrons. The molecule has 1 aromatic carbocycles. The number of ether oxygens (including phenoxy) is 1. The molecule has 1 atom stereocenters. The van der Waals surface area contributed by atoms with Crippen LogP contribution in [0.25, 0.3) is 5.57 Å². The third-order valence-corrected chi connectivity index (χ3v) is 5.60. The largest absolute Gasteiger partial charge is 0.465 e. The lowest BCUT2D eigenvalue weighted by molar-refractivity contribution is 0.0600. The maximum absolute atomic E-state index is 11.6. The Morgan fingerprint density at radius 1 is 1.12 bits per heavy atom. The summed E-state index contributed by atoms with van der Waals surface area (Å²) in [5, 5.41) is 0. The van der Waals surface area contributed by atoms with Crippen molar-refractivity contribution in [3.8, 4) is 0 Å². The molecular formula is C21H27NO2. The standard InChI is InChI=1S/C21H27NO2/c1-20(2)17(15-6-8-16(9-7-15)19(23)24-5)10-12-21(3)14-22(4)13-11-18(20)21/h6-11H,12-14H2,1-5H3/t21-/m1/s1. The predicted octanol–water partition coefficient (Wildman–Crippen LogP) is 4.16. The molecule has 0 N–H and O–H groups in total. The summed E-state index contributed by atoms with van der Waals surface area (Å²) in [6.07, 6.45) is 5.86. The van der Waals surface area contributed by atoms with Gasteiger partial charge in [-0.25, -0.2) is 4.79 Å². The molecule has 2 aliphatic rings. The van der Waals surface area contributed by atoms with Crippen molar-refractivity contribution >= 4 is 11.5 Å². The zero-order valence-electron chi connectivity index (χ0n) is 15.3. The smallest absolute Gasteiger partial charge is 0.337 e. The lowest BCUT2D eigenvalue weighted by Gasteiger charge is -2.50. The van der Waals surface area contributed by atoms with Crippen molar-refractivity contribution in [2.75, 3.05) is 27.2 Å². The van der Waals surface area contributed by atoms with E-state index in [-0.39, 0.29) is 16.8 Å². The number of rotatable bonds is 2. The molecule has 1 aromatic rings. The van der Waals surface area contributed by atoms with Gasteiger partial charge in [0.15, 0.2) is 0 Å². The molecule has 1 heterocycles. The first kappa shape index (κ1) is 17.0. The normalized spacial score (nSPS) is 26.2. The second kappa shape index (κ2) is 5.89. The molecule has 128 valence electrons. The number of allylic oxidation sites excluding steroid dienone is 2. The van der Waals surface area contributed by atoms with Gasteiger partial charge in [0.2, 0.25) is 0 Å². The summed E-state index contributed by atoms with van der Waals surface area (Å²) in [5.74, 6) is -0.288. The first-order valence-corrected chi connectivity index (χ1v) is 8.57. The molecule has 1 aliphatic heterocycles. The number of hydrogen-bond acceptors (Lipinski definition) is 3. The van der Waals surface area contributed by atoms with Crippen molar-refractivity contribution in [1.29, 1.82) is 0 Å². The minimum atomic E-state index is -0.288. The summed E-state index contributed by atoms with van der Waals surface area (Å²) in [7, 11) is 3.60. The van der Waals surface area contributed by atoms with Gasteiger partial charge >= 0.3 is 5.97 Å². The van der Waals surface area contributed by atoms with Gasteiger partial charge in [-0.3, -0.25) is 0 Å². The Morgan fingerprint density at radius 3 is 2.42 bits per heavy atom. The van der Waals surface area contributed by atoms with E-state index in [0.717, 1.165) is 19.5 Å². The Bertz CT molecular complexity index is 712. The summed E-state index contributed by atoms with van der Waals surface area (Å²) in [6.45, 7) is 9.14. The maximum atomic E-state index is 11.6. The number of likely N-dealkylation sites (N-methyl/N-ethyl adjacent to an activating group) is 1. The van der Waals surface area contributed by atoms with E-state index < -0.39 is 0 Å². The summed E-state index contributed by atoms with van der Waals surface area (Å²) < 4.78 is 4.79. The SMILES string of the molecule is COC(=O)c1ccc(C2=CC[C@]3(C)CN(C)CC=C3C2(C)C)cc1. The van der Waals surface area contributed by atoms with Gasteiger partial charge in [-0.1, -0.05) is 50.6 Å². The number of methoxy groups -OCH3 is 1. The average molecular weight is 325 g/mol. The van der Waals surface area contributed by atoms with Crippen LogP contribution in [0.15, 0.2) is 42.0 Å². The molecule has 0 unspecified atom stereocenters. The van der Waals surface area contributed by atoms with Crippen LogP contribution in [0, 0.1) is 10.8 Å². The second-order valence-electron chi connectivity index (χ2n) is 7.89. The van der Waals surface area contributed by atoms with E-state index in [2.05, 4.69) is 44.9 Å². The molecule has 0 fully saturated rings. The van der Waals surface area contributed by atoms with E-state index >= 15 is 0 Å². The van der Waals surface area contributed by atoms with Crippen LogP contribution in [0.2, 0.25) is 0 Å². The third-order valence-electron chi connectivity index (χ3n) is 5.60. The zero-order chi connectivity index (χ0) is 17.5. The van der Waals surface area contributed by atoms with Crippen molar-refractivity contribution in [2.24, 2.45) is 10.8 Å². The highest BCUT2D eigenvalue weighted by molar-refractivity contribution is 5.90. The lowest BCUT2D eigenvalue weighted by atomic mass is 9.58. The van der Waals surface area contributed by atoms with Crippen molar-refractivity contribution in [3.05, 3.63) is 53.1 Å². The summed E-state index contributed by atoms with van der Waals surface area (Å²) in [6, 6.07) is 7.79. The molecule has 1 aliphatic carbocycles. The first-order chi connectivity index (χ1) is 11.3. The van der Waals surface area contributed by atoms with Gasteiger partial charge in [0.1, 0.15) is 0 Å². The molecule has 0 saturated heterocycles. The molecule has 3 nitrogen and oxygen atoms in total. The highest BCUT2D eigenvalue weighted by atomic mass is 16.5. The third kappa shape index (κ3) is 2.71. The van der Waals surface area contributed by atoms with Crippen LogP contribution < -0.4 is 0 Å². The number of carbonyl (C=O) groups excluding carboxylic acids is 1. The average Bonchev–Trinajstić information content (AvgIpc) is 2.53. The van der Waals surface area contributed by atoms with Gasteiger partial charge in [0, 0.05) is 23.9 Å². The van der Waals surface area contributed by atoms with E-state index in [4.69, 9.17) is 4.74 Å². The number of fused-ring (bicyclic) bond motifs is 1.